The first-order valence-corrected chi connectivity index (χ1v) is 6.68. The number of rotatable bonds is 2. The molecule has 1 aromatic rings. The van der Waals surface area contributed by atoms with Crippen LogP contribution in [0.3, 0.4) is 0 Å². The van der Waals surface area contributed by atoms with E-state index in [0.717, 1.165) is 6.42 Å². The Morgan fingerprint density at radius 1 is 1.44 bits per heavy atom. The Morgan fingerprint density at radius 2 is 2.17 bits per heavy atom. The van der Waals surface area contributed by atoms with Crippen LogP contribution in [0.4, 0.5) is 5.82 Å². The van der Waals surface area contributed by atoms with Gasteiger partial charge in [-0.2, -0.15) is 0 Å². The van der Waals surface area contributed by atoms with Gasteiger partial charge in [0, 0.05) is 11.6 Å². The molecule has 2 rings (SSSR count). The summed E-state index contributed by atoms with van der Waals surface area (Å²) < 4.78 is 0. The van der Waals surface area contributed by atoms with E-state index in [9.17, 15) is 4.79 Å². The van der Waals surface area contributed by atoms with E-state index in [1.165, 1.54) is 19.3 Å². The molecule has 5 heteroatoms. The van der Waals surface area contributed by atoms with E-state index in [4.69, 9.17) is 17.3 Å². The van der Waals surface area contributed by atoms with Crippen LogP contribution >= 0.6 is 11.6 Å². The Hall–Kier alpha value is -1.29. The second kappa shape index (κ2) is 5.57. The van der Waals surface area contributed by atoms with Crippen LogP contribution < -0.4 is 11.1 Å². The number of hydrogen-bond donors (Lipinski definition) is 2. The number of anilines is 1. The smallest absolute Gasteiger partial charge is 0.251 e. The minimum Gasteiger partial charge on any atom is -0.384 e. The largest absolute Gasteiger partial charge is 0.384 e. The number of nitrogens with two attached hydrogens (primary N) is 1. The quantitative estimate of drug-likeness (QED) is 0.810. The predicted molar refractivity (Wildman–Crippen MR) is 72.5 cm³/mol. The number of nitrogens with one attached hydrogen (secondary N) is 1. The molecule has 4 nitrogen and oxygen atoms in total. The molecule has 1 amide bonds. The van der Waals surface area contributed by atoms with Crippen molar-refractivity contribution in [3.63, 3.8) is 0 Å². The Morgan fingerprint density at radius 3 is 2.83 bits per heavy atom. The molecule has 18 heavy (non-hydrogen) atoms. The number of amides is 1. The molecule has 0 aliphatic heterocycles. The lowest BCUT2D eigenvalue weighted by Crippen LogP contribution is -2.41. The van der Waals surface area contributed by atoms with Gasteiger partial charge in [-0.05, 0) is 30.9 Å². The van der Waals surface area contributed by atoms with Crippen molar-refractivity contribution < 1.29 is 4.79 Å². The first kappa shape index (κ1) is 13.1. The third-order valence-corrected chi connectivity index (χ3v) is 3.70. The fourth-order valence-corrected chi connectivity index (χ4v) is 2.65. The lowest BCUT2D eigenvalue weighted by Gasteiger charge is -2.29. The van der Waals surface area contributed by atoms with Crippen LogP contribution in [0.15, 0.2) is 12.1 Å². The van der Waals surface area contributed by atoms with Crippen molar-refractivity contribution in [3.05, 3.63) is 22.8 Å². The van der Waals surface area contributed by atoms with Gasteiger partial charge in [0.25, 0.3) is 5.91 Å². The maximum Gasteiger partial charge on any atom is 0.251 e. The van der Waals surface area contributed by atoms with Crippen molar-refractivity contribution in [2.45, 2.75) is 38.6 Å². The number of nitrogens with zero attached hydrogens (tertiary/aromatic N) is 1. The average Bonchev–Trinajstić information content (AvgIpc) is 2.31. The van der Waals surface area contributed by atoms with Gasteiger partial charge in [0.15, 0.2) is 0 Å². The van der Waals surface area contributed by atoms with Gasteiger partial charge >= 0.3 is 0 Å². The zero-order valence-corrected chi connectivity index (χ0v) is 11.2. The fraction of sp³-hybridized carbons (Fsp3) is 0.538. The summed E-state index contributed by atoms with van der Waals surface area (Å²) in [4.78, 5) is 16.0. The molecule has 1 saturated carbocycles. The molecule has 0 saturated heterocycles. The summed E-state index contributed by atoms with van der Waals surface area (Å²) in [6.45, 7) is 2.18. The lowest BCUT2D eigenvalue weighted by molar-refractivity contribution is 0.0910. The highest BCUT2D eigenvalue weighted by Gasteiger charge is 2.23. The van der Waals surface area contributed by atoms with Gasteiger partial charge in [-0.1, -0.05) is 31.4 Å². The topological polar surface area (TPSA) is 68.0 Å². The number of hydrogen-bond acceptors (Lipinski definition) is 3. The summed E-state index contributed by atoms with van der Waals surface area (Å²) >= 11 is 5.79. The van der Waals surface area contributed by atoms with Gasteiger partial charge < -0.3 is 11.1 Å². The molecule has 1 aromatic heterocycles. The van der Waals surface area contributed by atoms with Crippen molar-refractivity contribution in [1.29, 1.82) is 0 Å². The Labute approximate surface area is 112 Å². The van der Waals surface area contributed by atoms with Gasteiger partial charge in [0.2, 0.25) is 0 Å². The first-order valence-electron chi connectivity index (χ1n) is 6.30. The first-order chi connectivity index (χ1) is 8.56. The summed E-state index contributed by atoms with van der Waals surface area (Å²) in [5, 5.41) is 3.31. The number of nitrogen functional groups attached to an aromatic ring is 1. The zero-order chi connectivity index (χ0) is 13.1. The van der Waals surface area contributed by atoms with Gasteiger partial charge in [-0.15, -0.1) is 0 Å². The highest BCUT2D eigenvalue weighted by molar-refractivity contribution is 6.29. The monoisotopic (exact) mass is 267 g/mol. The standard InChI is InChI=1S/C13H18ClN3O/c1-8-4-2-3-5-10(8)16-13(18)9-6-11(14)17-12(15)7-9/h6-8,10H,2-5H2,1H3,(H2,15,17)(H,16,18). The van der Waals surface area contributed by atoms with Crippen LogP contribution in [0.1, 0.15) is 43.0 Å². The Kier molecular flexibility index (Phi) is 4.07. The zero-order valence-electron chi connectivity index (χ0n) is 10.4. The van der Waals surface area contributed by atoms with E-state index < -0.39 is 0 Å². The molecule has 0 radical (unpaired) electrons. The van der Waals surface area contributed by atoms with E-state index in [1.807, 2.05) is 0 Å². The number of halogens is 1. The van der Waals surface area contributed by atoms with Crippen LogP contribution in [0.25, 0.3) is 0 Å². The van der Waals surface area contributed by atoms with Gasteiger partial charge in [-0.3, -0.25) is 4.79 Å². The third kappa shape index (κ3) is 3.13. The van der Waals surface area contributed by atoms with Gasteiger partial charge in [-0.25, -0.2) is 4.98 Å². The van der Waals surface area contributed by atoms with E-state index in [0.29, 0.717) is 11.5 Å². The molecule has 1 aliphatic carbocycles. The third-order valence-electron chi connectivity index (χ3n) is 3.50. The summed E-state index contributed by atoms with van der Waals surface area (Å²) in [5.41, 5.74) is 6.06. The summed E-state index contributed by atoms with van der Waals surface area (Å²) in [6.07, 6.45) is 4.64. The normalized spacial score (nSPS) is 23.7. The van der Waals surface area contributed by atoms with Crippen molar-refractivity contribution in [2.75, 3.05) is 5.73 Å². The maximum atomic E-state index is 12.1. The number of carbonyl (C=O) groups is 1. The van der Waals surface area contributed by atoms with Crippen molar-refractivity contribution in [3.8, 4) is 0 Å². The average molecular weight is 268 g/mol. The minimum absolute atomic E-state index is 0.121. The Bertz CT molecular complexity index is 430. The predicted octanol–water partition coefficient (Wildman–Crippen LogP) is 2.63. The van der Waals surface area contributed by atoms with Gasteiger partial charge in [0.05, 0.1) is 0 Å². The summed E-state index contributed by atoms with van der Waals surface area (Å²) in [7, 11) is 0. The minimum atomic E-state index is -0.121. The number of carbonyl (C=O) groups excluding carboxylic acids is 1. The van der Waals surface area contributed by atoms with Crippen molar-refractivity contribution in [2.24, 2.45) is 5.92 Å². The van der Waals surface area contributed by atoms with Gasteiger partial charge in [0.1, 0.15) is 11.0 Å². The molecule has 0 bridgehead atoms. The molecule has 2 atom stereocenters. The molecule has 0 spiro atoms. The Balaban J connectivity index is 2.06. The highest BCUT2D eigenvalue weighted by Crippen LogP contribution is 2.24. The van der Waals surface area contributed by atoms with Crippen molar-refractivity contribution >= 4 is 23.3 Å². The molecular formula is C13H18ClN3O. The van der Waals surface area contributed by atoms with Crippen LogP contribution in [0, 0.1) is 5.92 Å². The molecule has 0 aromatic carbocycles. The fourth-order valence-electron chi connectivity index (χ4n) is 2.43. The molecule has 3 N–H and O–H groups in total. The SMILES string of the molecule is CC1CCCCC1NC(=O)c1cc(N)nc(Cl)c1. The molecule has 1 aliphatic rings. The van der Waals surface area contributed by atoms with Crippen LogP contribution in [0.2, 0.25) is 5.15 Å². The van der Waals surface area contributed by atoms with E-state index in [-0.39, 0.29) is 22.9 Å². The second-order valence-corrected chi connectivity index (χ2v) is 5.33. The number of pyridine rings is 1. The van der Waals surface area contributed by atoms with Crippen molar-refractivity contribution in [1.82, 2.24) is 10.3 Å². The molecule has 2 unspecified atom stereocenters. The van der Waals surface area contributed by atoms with Crippen LogP contribution in [-0.4, -0.2) is 16.9 Å². The van der Waals surface area contributed by atoms with Crippen LogP contribution in [-0.2, 0) is 0 Å². The lowest BCUT2D eigenvalue weighted by atomic mass is 9.86. The van der Waals surface area contributed by atoms with E-state index in [1.54, 1.807) is 12.1 Å². The maximum absolute atomic E-state index is 12.1. The second-order valence-electron chi connectivity index (χ2n) is 4.95. The highest BCUT2D eigenvalue weighted by atomic mass is 35.5. The molecule has 98 valence electrons. The molecular weight excluding hydrogens is 250 g/mol. The molecule has 1 fully saturated rings. The van der Waals surface area contributed by atoms with Crippen LogP contribution in [0.5, 0.6) is 0 Å². The van der Waals surface area contributed by atoms with E-state index >= 15 is 0 Å². The molecule has 1 heterocycles. The summed E-state index contributed by atoms with van der Waals surface area (Å²) in [5.74, 6) is 0.673. The number of aromatic nitrogens is 1. The van der Waals surface area contributed by atoms with E-state index in [2.05, 4.69) is 17.2 Å². The summed E-state index contributed by atoms with van der Waals surface area (Å²) in [6, 6.07) is 3.34.